The van der Waals surface area contributed by atoms with Crippen molar-refractivity contribution in [2.24, 2.45) is 0 Å². The van der Waals surface area contributed by atoms with E-state index < -0.39 is 0 Å². The molecule has 0 bridgehead atoms. The normalized spacial score (nSPS) is 20.6. The fraction of sp³-hybridized carbons (Fsp3) is 0.462. The molecule has 0 aromatic heterocycles. The van der Waals surface area contributed by atoms with Crippen LogP contribution in [0.15, 0.2) is 18.2 Å². The van der Waals surface area contributed by atoms with Crippen molar-refractivity contribution in [2.75, 3.05) is 11.9 Å². The third-order valence-corrected chi connectivity index (χ3v) is 3.05. The molecule has 1 saturated heterocycles. The van der Waals surface area contributed by atoms with Gasteiger partial charge < -0.3 is 10.6 Å². The lowest BCUT2D eigenvalue weighted by molar-refractivity contribution is -0.120. The Labute approximate surface area is 100 Å². The Hall–Kier alpha value is -1.58. The third kappa shape index (κ3) is 2.96. The van der Waals surface area contributed by atoms with Gasteiger partial charge >= 0.3 is 0 Å². The molecule has 1 fully saturated rings. The molecule has 1 heterocycles. The van der Waals surface area contributed by atoms with Crippen molar-refractivity contribution in [2.45, 2.75) is 32.2 Å². The van der Waals surface area contributed by atoms with E-state index in [9.17, 15) is 9.18 Å². The Morgan fingerprint density at radius 3 is 3.06 bits per heavy atom. The molecule has 0 radical (unpaired) electrons. The summed E-state index contributed by atoms with van der Waals surface area (Å²) in [4.78, 5) is 11.4. The van der Waals surface area contributed by atoms with E-state index in [-0.39, 0.29) is 17.8 Å². The van der Waals surface area contributed by atoms with E-state index >= 15 is 0 Å². The van der Waals surface area contributed by atoms with Gasteiger partial charge in [0.2, 0.25) is 5.91 Å². The molecule has 1 aromatic carbocycles. The minimum absolute atomic E-state index is 0.0214. The Balaban J connectivity index is 2.11. The maximum Gasteiger partial charge on any atom is 0.222 e. The molecule has 3 nitrogen and oxygen atoms in total. The standard InChI is InChI=1S/C13H17FN2O/c1-9-4-2-6-11(14)13(9)16-10-5-3-7-15-12(17)8-10/h2,4,6,10,16H,3,5,7-8H2,1H3,(H,15,17). The number of benzene rings is 1. The Morgan fingerprint density at radius 1 is 1.47 bits per heavy atom. The molecule has 0 spiro atoms. The van der Waals surface area contributed by atoms with Gasteiger partial charge in [0.15, 0.2) is 0 Å². The minimum Gasteiger partial charge on any atom is -0.379 e. The van der Waals surface area contributed by atoms with Crippen molar-refractivity contribution in [3.05, 3.63) is 29.6 Å². The Bertz CT molecular complexity index is 400. The van der Waals surface area contributed by atoms with E-state index in [4.69, 9.17) is 0 Å². The summed E-state index contributed by atoms with van der Waals surface area (Å²) in [6.45, 7) is 2.58. The first-order valence-corrected chi connectivity index (χ1v) is 5.95. The molecule has 1 unspecified atom stereocenters. The highest BCUT2D eigenvalue weighted by Gasteiger charge is 2.18. The van der Waals surface area contributed by atoms with Crippen molar-refractivity contribution < 1.29 is 9.18 Å². The van der Waals surface area contributed by atoms with Gasteiger partial charge in [0, 0.05) is 19.0 Å². The first kappa shape index (κ1) is 11.9. The summed E-state index contributed by atoms with van der Waals surface area (Å²) in [7, 11) is 0. The molecule has 17 heavy (non-hydrogen) atoms. The Morgan fingerprint density at radius 2 is 2.29 bits per heavy atom. The maximum absolute atomic E-state index is 13.6. The Kier molecular flexibility index (Phi) is 3.61. The summed E-state index contributed by atoms with van der Waals surface area (Å²) in [5.41, 5.74) is 1.39. The second-order valence-electron chi connectivity index (χ2n) is 4.47. The fourth-order valence-electron chi connectivity index (χ4n) is 2.12. The molecule has 1 aliphatic rings. The van der Waals surface area contributed by atoms with Crippen molar-refractivity contribution in [3.8, 4) is 0 Å². The molecule has 2 rings (SSSR count). The molecular weight excluding hydrogens is 219 g/mol. The van der Waals surface area contributed by atoms with Gasteiger partial charge in [0.25, 0.3) is 0 Å². The quantitative estimate of drug-likeness (QED) is 0.826. The molecule has 92 valence electrons. The maximum atomic E-state index is 13.6. The van der Waals surface area contributed by atoms with Gasteiger partial charge in [-0.3, -0.25) is 4.79 Å². The second-order valence-corrected chi connectivity index (χ2v) is 4.47. The summed E-state index contributed by atoms with van der Waals surface area (Å²) < 4.78 is 13.6. The molecule has 1 amide bonds. The van der Waals surface area contributed by atoms with E-state index in [0.29, 0.717) is 18.7 Å². The lowest BCUT2D eigenvalue weighted by Gasteiger charge is -2.18. The highest BCUT2D eigenvalue weighted by atomic mass is 19.1. The fourth-order valence-corrected chi connectivity index (χ4v) is 2.12. The largest absolute Gasteiger partial charge is 0.379 e. The van der Waals surface area contributed by atoms with Crippen molar-refractivity contribution in [1.82, 2.24) is 5.32 Å². The van der Waals surface area contributed by atoms with Crippen LogP contribution in [0.4, 0.5) is 10.1 Å². The summed E-state index contributed by atoms with van der Waals surface area (Å²) in [6.07, 6.45) is 2.22. The number of hydrogen-bond acceptors (Lipinski definition) is 2. The molecule has 1 aromatic rings. The van der Waals surface area contributed by atoms with E-state index in [1.165, 1.54) is 6.07 Å². The first-order valence-electron chi connectivity index (χ1n) is 5.95. The van der Waals surface area contributed by atoms with Crippen LogP contribution >= 0.6 is 0 Å². The van der Waals surface area contributed by atoms with Crippen LogP contribution in [-0.2, 0) is 4.79 Å². The molecule has 0 aliphatic carbocycles. The van der Waals surface area contributed by atoms with Crippen LogP contribution in [0.1, 0.15) is 24.8 Å². The summed E-state index contributed by atoms with van der Waals surface area (Å²) in [6, 6.07) is 5.01. The topological polar surface area (TPSA) is 41.1 Å². The predicted molar refractivity (Wildman–Crippen MR) is 65.4 cm³/mol. The number of nitrogens with one attached hydrogen (secondary N) is 2. The number of hydrogen-bond donors (Lipinski definition) is 2. The number of rotatable bonds is 2. The van der Waals surface area contributed by atoms with E-state index in [1.54, 1.807) is 6.07 Å². The molecule has 0 saturated carbocycles. The summed E-state index contributed by atoms with van der Waals surface area (Å²) in [5.74, 6) is -0.219. The minimum atomic E-state index is -0.255. The lowest BCUT2D eigenvalue weighted by Crippen LogP contribution is -2.27. The van der Waals surface area contributed by atoms with Crippen molar-refractivity contribution in [1.29, 1.82) is 0 Å². The summed E-state index contributed by atoms with van der Waals surface area (Å²) >= 11 is 0. The van der Waals surface area contributed by atoms with Gasteiger partial charge in [-0.1, -0.05) is 12.1 Å². The van der Waals surface area contributed by atoms with Crippen molar-refractivity contribution >= 4 is 11.6 Å². The molecule has 2 N–H and O–H groups in total. The van der Waals surface area contributed by atoms with Gasteiger partial charge in [-0.05, 0) is 31.4 Å². The average molecular weight is 236 g/mol. The van der Waals surface area contributed by atoms with Crippen LogP contribution in [-0.4, -0.2) is 18.5 Å². The van der Waals surface area contributed by atoms with Crippen molar-refractivity contribution in [3.63, 3.8) is 0 Å². The smallest absolute Gasteiger partial charge is 0.222 e. The van der Waals surface area contributed by atoms with Gasteiger partial charge in [-0.25, -0.2) is 4.39 Å². The molecule has 1 atom stereocenters. The van der Waals surface area contributed by atoms with Gasteiger partial charge in [-0.15, -0.1) is 0 Å². The average Bonchev–Trinajstić information content (AvgIpc) is 2.48. The highest BCUT2D eigenvalue weighted by Crippen LogP contribution is 2.22. The van der Waals surface area contributed by atoms with Crippen LogP contribution in [0.2, 0.25) is 0 Å². The number of aryl methyl sites for hydroxylation is 1. The number of halogens is 1. The number of para-hydroxylation sites is 1. The molecule has 1 aliphatic heterocycles. The SMILES string of the molecule is Cc1cccc(F)c1NC1CCCNC(=O)C1. The third-order valence-electron chi connectivity index (χ3n) is 3.05. The first-order chi connectivity index (χ1) is 8.16. The van der Waals surface area contributed by atoms with Gasteiger partial charge in [0.05, 0.1) is 5.69 Å². The second kappa shape index (κ2) is 5.17. The van der Waals surface area contributed by atoms with E-state index in [1.807, 2.05) is 13.0 Å². The van der Waals surface area contributed by atoms with Crippen LogP contribution in [0.3, 0.4) is 0 Å². The zero-order valence-corrected chi connectivity index (χ0v) is 9.92. The number of carbonyl (C=O) groups excluding carboxylic acids is 1. The van der Waals surface area contributed by atoms with E-state index in [2.05, 4.69) is 10.6 Å². The monoisotopic (exact) mass is 236 g/mol. The van der Waals surface area contributed by atoms with Crippen LogP contribution in [0.25, 0.3) is 0 Å². The zero-order chi connectivity index (χ0) is 12.3. The number of anilines is 1. The van der Waals surface area contributed by atoms with Gasteiger partial charge in [0.1, 0.15) is 5.82 Å². The number of amides is 1. The highest BCUT2D eigenvalue weighted by molar-refractivity contribution is 5.77. The predicted octanol–water partition coefficient (Wildman–Crippen LogP) is 2.21. The van der Waals surface area contributed by atoms with Crippen LogP contribution < -0.4 is 10.6 Å². The van der Waals surface area contributed by atoms with Crippen LogP contribution in [0.5, 0.6) is 0 Å². The number of carbonyl (C=O) groups is 1. The molecular formula is C13H17FN2O. The lowest BCUT2D eigenvalue weighted by atomic mass is 10.1. The van der Waals surface area contributed by atoms with E-state index in [0.717, 1.165) is 18.4 Å². The van der Waals surface area contributed by atoms with Gasteiger partial charge in [-0.2, -0.15) is 0 Å². The zero-order valence-electron chi connectivity index (χ0n) is 9.92. The summed E-state index contributed by atoms with van der Waals surface area (Å²) in [5, 5.41) is 5.97. The molecule has 4 heteroatoms. The van der Waals surface area contributed by atoms with Crippen LogP contribution in [0, 0.1) is 12.7 Å².